The maximum atomic E-state index is 11.6. The summed E-state index contributed by atoms with van der Waals surface area (Å²) in [6, 6.07) is -0.0282. The number of halogens is 1. The van der Waals surface area contributed by atoms with E-state index in [9.17, 15) is 9.59 Å². The van der Waals surface area contributed by atoms with Crippen molar-refractivity contribution in [2.75, 3.05) is 0 Å². The number of H-pyrrole nitrogens is 2. The number of hydrogen-bond acceptors (Lipinski definition) is 5. The zero-order valence-corrected chi connectivity index (χ0v) is 12.0. The molecular weight excluding hydrogens is 322 g/mol. The molecule has 0 aliphatic rings. The van der Waals surface area contributed by atoms with Crippen LogP contribution in [0.15, 0.2) is 30.6 Å². The van der Waals surface area contributed by atoms with Crippen LogP contribution in [0.3, 0.4) is 0 Å². The maximum Gasteiger partial charge on any atom is 0.344 e. The van der Waals surface area contributed by atoms with Crippen molar-refractivity contribution >= 4 is 27.7 Å². The van der Waals surface area contributed by atoms with Crippen molar-refractivity contribution in [2.24, 2.45) is 0 Å². The van der Waals surface area contributed by atoms with Crippen LogP contribution in [-0.4, -0.2) is 24.7 Å². The van der Waals surface area contributed by atoms with Crippen molar-refractivity contribution in [3.8, 4) is 0 Å². The van der Waals surface area contributed by atoms with Crippen molar-refractivity contribution < 1.29 is 0 Å². The predicted octanol–water partition coefficient (Wildman–Crippen LogP) is 1.15. The van der Waals surface area contributed by atoms with E-state index in [-0.39, 0.29) is 17.3 Å². The van der Waals surface area contributed by atoms with E-state index in [0.29, 0.717) is 14.7 Å². The van der Waals surface area contributed by atoms with Crippen molar-refractivity contribution in [3.05, 3.63) is 31.6 Å². The van der Waals surface area contributed by atoms with E-state index in [2.05, 4.69) is 36.1 Å². The molecule has 2 aromatic heterocycles. The fourth-order valence-electron chi connectivity index (χ4n) is 1.34. The molecule has 2 rings (SSSR count). The van der Waals surface area contributed by atoms with E-state index in [1.54, 1.807) is 0 Å². The second kappa shape index (κ2) is 5.11. The Morgan fingerprint density at radius 3 is 2.83 bits per heavy atom. The van der Waals surface area contributed by atoms with Gasteiger partial charge in [-0.3, -0.25) is 9.36 Å². The van der Waals surface area contributed by atoms with Gasteiger partial charge in [-0.05, 0) is 41.5 Å². The van der Waals surface area contributed by atoms with Crippen LogP contribution in [0.4, 0.5) is 0 Å². The van der Waals surface area contributed by atoms with Gasteiger partial charge in [0, 0.05) is 6.04 Å². The molecule has 0 radical (unpaired) electrons. The lowest BCUT2D eigenvalue weighted by atomic mass is 10.4. The van der Waals surface area contributed by atoms with Gasteiger partial charge in [-0.25, -0.2) is 14.9 Å². The third kappa shape index (κ3) is 2.41. The first-order valence-corrected chi connectivity index (χ1v) is 6.69. The van der Waals surface area contributed by atoms with Gasteiger partial charge in [0.15, 0.2) is 5.16 Å². The minimum atomic E-state index is -0.284. The standard InChI is InChI=1S/C9H10BrN5O2S/c1-4(2)15-8(17)13-14-9(15)18-7-5(10)6(16)11-3-12-7/h3-4H,1-2H3,(H,13,17)(H,11,12,16). The second-order valence-corrected chi connectivity index (χ2v) is 5.48. The topological polar surface area (TPSA) is 96.4 Å². The highest BCUT2D eigenvalue weighted by Crippen LogP contribution is 2.28. The molecule has 0 spiro atoms. The van der Waals surface area contributed by atoms with E-state index >= 15 is 0 Å². The monoisotopic (exact) mass is 331 g/mol. The molecule has 0 amide bonds. The largest absolute Gasteiger partial charge is 0.344 e. The molecule has 0 bridgehead atoms. The SMILES string of the molecule is CC(C)n1c(Sc2nc[nH]c(=O)c2Br)n[nH]c1=O. The first-order chi connectivity index (χ1) is 8.50. The van der Waals surface area contributed by atoms with Gasteiger partial charge in [-0.1, -0.05) is 0 Å². The molecule has 0 saturated heterocycles. The number of aromatic nitrogens is 5. The molecule has 0 fully saturated rings. The summed E-state index contributed by atoms with van der Waals surface area (Å²) in [5.41, 5.74) is -0.560. The number of hydrogen-bond donors (Lipinski definition) is 2. The number of nitrogens with zero attached hydrogens (tertiary/aromatic N) is 3. The number of aromatic amines is 2. The van der Waals surface area contributed by atoms with Gasteiger partial charge in [0.2, 0.25) is 0 Å². The fraction of sp³-hybridized carbons (Fsp3) is 0.333. The summed E-state index contributed by atoms with van der Waals surface area (Å²) in [5.74, 6) is 0. The Hall–Kier alpha value is -1.35. The van der Waals surface area contributed by atoms with Crippen LogP contribution in [0.2, 0.25) is 0 Å². The molecule has 2 N–H and O–H groups in total. The molecule has 0 saturated carbocycles. The molecule has 0 aromatic carbocycles. The summed E-state index contributed by atoms with van der Waals surface area (Å²) in [7, 11) is 0. The predicted molar refractivity (Wildman–Crippen MR) is 69.9 cm³/mol. The Kier molecular flexibility index (Phi) is 3.71. The summed E-state index contributed by atoms with van der Waals surface area (Å²) in [6.45, 7) is 3.75. The van der Waals surface area contributed by atoms with Gasteiger partial charge < -0.3 is 4.98 Å². The van der Waals surface area contributed by atoms with Crippen LogP contribution < -0.4 is 11.2 Å². The summed E-state index contributed by atoms with van der Waals surface area (Å²) in [5, 5.41) is 7.22. The van der Waals surface area contributed by atoms with Crippen molar-refractivity contribution in [1.82, 2.24) is 24.7 Å². The first kappa shape index (κ1) is 13.1. The van der Waals surface area contributed by atoms with Gasteiger partial charge >= 0.3 is 5.69 Å². The summed E-state index contributed by atoms with van der Waals surface area (Å²) < 4.78 is 1.82. The van der Waals surface area contributed by atoms with Crippen LogP contribution in [0.25, 0.3) is 0 Å². The van der Waals surface area contributed by atoms with Gasteiger partial charge in [0.1, 0.15) is 9.50 Å². The molecule has 7 nitrogen and oxygen atoms in total. The second-order valence-electron chi connectivity index (χ2n) is 3.73. The molecule has 2 heterocycles. The molecule has 0 aliphatic heterocycles. The minimum Gasteiger partial charge on any atom is -0.312 e. The molecule has 0 aliphatic carbocycles. The molecular formula is C9H10BrN5O2S. The highest BCUT2D eigenvalue weighted by atomic mass is 79.9. The average Bonchev–Trinajstić information content (AvgIpc) is 2.66. The van der Waals surface area contributed by atoms with Crippen LogP contribution in [0, 0.1) is 0 Å². The zero-order valence-electron chi connectivity index (χ0n) is 9.60. The van der Waals surface area contributed by atoms with Crippen LogP contribution in [0.5, 0.6) is 0 Å². The molecule has 2 aromatic rings. The Morgan fingerprint density at radius 1 is 1.44 bits per heavy atom. The van der Waals surface area contributed by atoms with Crippen molar-refractivity contribution in [3.63, 3.8) is 0 Å². The Labute approximate surface area is 114 Å². The van der Waals surface area contributed by atoms with Gasteiger partial charge in [0.05, 0.1) is 6.33 Å². The van der Waals surface area contributed by atoms with Gasteiger partial charge in [-0.2, -0.15) is 0 Å². The van der Waals surface area contributed by atoms with E-state index in [1.165, 1.54) is 10.9 Å². The molecule has 18 heavy (non-hydrogen) atoms. The highest BCUT2D eigenvalue weighted by Gasteiger charge is 2.15. The summed E-state index contributed by atoms with van der Waals surface area (Å²) in [4.78, 5) is 29.4. The number of rotatable bonds is 3. The van der Waals surface area contributed by atoms with Gasteiger partial charge in [0.25, 0.3) is 5.56 Å². The third-order valence-corrected chi connectivity index (χ3v) is 4.11. The van der Waals surface area contributed by atoms with E-state index in [0.717, 1.165) is 11.8 Å². The first-order valence-electron chi connectivity index (χ1n) is 5.08. The average molecular weight is 332 g/mol. The highest BCUT2D eigenvalue weighted by molar-refractivity contribution is 9.10. The smallest absolute Gasteiger partial charge is 0.312 e. The van der Waals surface area contributed by atoms with E-state index < -0.39 is 0 Å². The zero-order chi connectivity index (χ0) is 13.3. The molecule has 0 unspecified atom stereocenters. The molecule has 96 valence electrons. The van der Waals surface area contributed by atoms with Crippen LogP contribution >= 0.6 is 27.7 Å². The third-order valence-electron chi connectivity index (χ3n) is 2.14. The van der Waals surface area contributed by atoms with E-state index in [1.807, 2.05) is 13.8 Å². The minimum absolute atomic E-state index is 0.0282. The van der Waals surface area contributed by atoms with Gasteiger partial charge in [-0.15, -0.1) is 5.10 Å². The Morgan fingerprint density at radius 2 is 2.17 bits per heavy atom. The quantitative estimate of drug-likeness (QED) is 0.822. The van der Waals surface area contributed by atoms with Crippen molar-refractivity contribution in [2.45, 2.75) is 30.1 Å². The van der Waals surface area contributed by atoms with E-state index in [4.69, 9.17) is 0 Å². The Bertz CT molecular complexity index is 674. The maximum absolute atomic E-state index is 11.6. The normalized spacial score (nSPS) is 11.1. The molecule has 0 atom stereocenters. The van der Waals surface area contributed by atoms with Crippen LogP contribution in [-0.2, 0) is 0 Å². The van der Waals surface area contributed by atoms with Crippen molar-refractivity contribution in [1.29, 1.82) is 0 Å². The fourth-order valence-corrected chi connectivity index (χ4v) is 2.75. The van der Waals surface area contributed by atoms with Crippen LogP contribution in [0.1, 0.15) is 19.9 Å². The molecule has 9 heteroatoms. The lowest BCUT2D eigenvalue weighted by molar-refractivity contribution is 0.534. The lowest BCUT2D eigenvalue weighted by Crippen LogP contribution is -2.19. The Balaban J connectivity index is 2.44. The summed E-state index contributed by atoms with van der Waals surface area (Å²) >= 11 is 4.30. The number of nitrogens with one attached hydrogen (secondary N) is 2. The lowest BCUT2D eigenvalue weighted by Gasteiger charge is -2.08. The summed E-state index contributed by atoms with van der Waals surface area (Å²) in [6.07, 6.45) is 1.31.